The molecule has 1 fully saturated rings. The number of nitrogens with zero attached hydrogens (tertiary/aromatic N) is 3. The number of alkyl halides is 3. The van der Waals surface area contributed by atoms with Crippen LogP contribution < -0.4 is 10.1 Å². The molecule has 38 heavy (non-hydrogen) atoms. The van der Waals surface area contributed by atoms with E-state index < -0.39 is 6.36 Å². The number of amides is 1. The van der Waals surface area contributed by atoms with Crippen molar-refractivity contribution >= 4 is 22.9 Å². The third-order valence-corrected chi connectivity index (χ3v) is 7.40. The van der Waals surface area contributed by atoms with Crippen molar-refractivity contribution < 1.29 is 22.7 Å². The van der Waals surface area contributed by atoms with Gasteiger partial charge in [0.25, 0.3) is 5.91 Å². The molecule has 2 aromatic carbocycles. The molecule has 0 atom stereocenters. The fourth-order valence-corrected chi connectivity index (χ4v) is 5.50. The highest BCUT2D eigenvalue weighted by atomic mass is 32.1. The summed E-state index contributed by atoms with van der Waals surface area (Å²) in [5, 5.41) is 5.65. The molecule has 10 heteroatoms. The van der Waals surface area contributed by atoms with E-state index >= 15 is 0 Å². The van der Waals surface area contributed by atoms with E-state index in [1.54, 1.807) is 35.8 Å². The topological polar surface area (TPSA) is 67.3 Å². The summed E-state index contributed by atoms with van der Waals surface area (Å²) in [4.78, 5) is 24.3. The van der Waals surface area contributed by atoms with Gasteiger partial charge in [0.1, 0.15) is 11.4 Å². The molecule has 1 aliphatic rings. The number of piperidine rings is 1. The monoisotopic (exact) mass is 538 g/mol. The number of carbonyl (C=O) groups is 1. The first-order valence-electron chi connectivity index (χ1n) is 12.2. The molecule has 0 bridgehead atoms. The van der Waals surface area contributed by atoms with E-state index in [0.29, 0.717) is 28.4 Å². The summed E-state index contributed by atoms with van der Waals surface area (Å²) in [6.45, 7) is 2.80. The molecule has 196 valence electrons. The third kappa shape index (κ3) is 6.56. The van der Waals surface area contributed by atoms with Gasteiger partial charge in [0, 0.05) is 41.5 Å². The van der Waals surface area contributed by atoms with E-state index in [2.05, 4.69) is 31.0 Å². The maximum atomic E-state index is 13.0. The van der Waals surface area contributed by atoms with E-state index in [4.69, 9.17) is 0 Å². The Morgan fingerprint density at radius 2 is 1.82 bits per heavy atom. The molecule has 1 saturated heterocycles. The van der Waals surface area contributed by atoms with Crippen LogP contribution in [0.3, 0.4) is 0 Å². The Morgan fingerprint density at radius 3 is 2.53 bits per heavy atom. The van der Waals surface area contributed by atoms with Gasteiger partial charge in [0.05, 0.1) is 5.01 Å². The molecular formula is C28H25F3N4O2S. The fraction of sp³-hybridized carbons (Fsp3) is 0.250. The van der Waals surface area contributed by atoms with Gasteiger partial charge >= 0.3 is 6.36 Å². The van der Waals surface area contributed by atoms with E-state index in [0.717, 1.165) is 37.5 Å². The zero-order chi connectivity index (χ0) is 26.5. The first kappa shape index (κ1) is 25.9. The van der Waals surface area contributed by atoms with Crippen molar-refractivity contribution in [3.63, 3.8) is 0 Å². The van der Waals surface area contributed by atoms with Crippen molar-refractivity contribution in [3.8, 4) is 16.9 Å². The molecule has 0 saturated carbocycles. The maximum Gasteiger partial charge on any atom is 0.573 e. The highest BCUT2D eigenvalue weighted by Gasteiger charge is 2.31. The molecule has 1 amide bonds. The fourth-order valence-electron chi connectivity index (χ4n) is 4.53. The van der Waals surface area contributed by atoms with Gasteiger partial charge in [-0.05, 0) is 61.3 Å². The van der Waals surface area contributed by atoms with Gasteiger partial charge in [-0.1, -0.05) is 36.4 Å². The van der Waals surface area contributed by atoms with Crippen molar-refractivity contribution in [2.45, 2.75) is 31.7 Å². The molecule has 0 unspecified atom stereocenters. The minimum Gasteiger partial charge on any atom is -0.406 e. The molecule has 5 rings (SSSR count). The van der Waals surface area contributed by atoms with Crippen LogP contribution >= 0.6 is 11.3 Å². The van der Waals surface area contributed by atoms with Gasteiger partial charge in [-0.3, -0.25) is 14.7 Å². The molecule has 1 aliphatic heterocycles. The van der Waals surface area contributed by atoms with Crippen LogP contribution in [0.1, 0.15) is 39.8 Å². The average molecular weight is 539 g/mol. The Balaban J connectivity index is 1.21. The van der Waals surface area contributed by atoms with E-state index in [-0.39, 0.29) is 11.7 Å². The summed E-state index contributed by atoms with van der Waals surface area (Å²) in [7, 11) is 0. The van der Waals surface area contributed by atoms with Crippen LogP contribution in [-0.2, 0) is 6.54 Å². The van der Waals surface area contributed by atoms with Gasteiger partial charge in [-0.25, -0.2) is 4.98 Å². The minimum atomic E-state index is -4.75. The van der Waals surface area contributed by atoms with Crippen LogP contribution in [0.4, 0.5) is 18.9 Å². The molecule has 0 spiro atoms. The second-order valence-electron chi connectivity index (χ2n) is 9.05. The van der Waals surface area contributed by atoms with Crippen molar-refractivity contribution in [3.05, 3.63) is 94.7 Å². The van der Waals surface area contributed by atoms with Crippen molar-refractivity contribution in [2.24, 2.45) is 0 Å². The van der Waals surface area contributed by atoms with Crippen molar-refractivity contribution in [1.29, 1.82) is 0 Å². The standard InChI is InChI=1S/C28H25F3N4O2S/c29-28(30,31)37-22-9-7-20(8-10-22)23-5-1-2-6-24(23)33-26(36)25-18-38-27(34-25)21-11-14-35(15-12-21)17-19-4-3-13-32-16-19/h1-10,13,16,18,21H,11-12,14-15,17H2,(H,33,36). The second kappa shape index (κ2) is 11.3. The number of pyridine rings is 1. The molecule has 1 N–H and O–H groups in total. The molecule has 2 aromatic heterocycles. The number of halogens is 3. The number of anilines is 1. The highest BCUT2D eigenvalue weighted by molar-refractivity contribution is 7.10. The zero-order valence-corrected chi connectivity index (χ0v) is 21.1. The van der Waals surface area contributed by atoms with Crippen LogP contribution in [0.25, 0.3) is 11.1 Å². The lowest BCUT2D eigenvalue weighted by Gasteiger charge is -2.30. The number of hydrogen-bond acceptors (Lipinski definition) is 6. The number of hydrogen-bond donors (Lipinski definition) is 1. The van der Waals surface area contributed by atoms with Gasteiger partial charge in [0.15, 0.2) is 0 Å². The van der Waals surface area contributed by atoms with E-state index in [1.165, 1.54) is 41.2 Å². The first-order valence-corrected chi connectivity index (χ1v) is 13.1. The van der Waals surface area contributed by atoms with Gasteiger partial charge in [-0.15, -0.1) is 24.5 Å². The first-order chi connectivity index (χ1) is 18.3. The van der Waals surface area contributed by atoms with Crippen LogP contribution in [0, 0.1) is 0 Å². The van der Waals surface area contributed by atoms with Gasteiger partial charge < -0.3 is 10.1 Å². The van der Waals surface area contributed by atoms with Crippen LogP contribution in [-0.4, -0.2) is 40.2 Å². The Bertz CT molecular complexity index is 1370. The van der Waals surface area contributed by atoms with Gasteiger partial charge in [-0.2, -0.15) is 0 Å². The van der Waals surface area contributed by atoms with E-state index in [1.807, 2.05) is 12.3 Å². The lowest BCUT2D eigenvalue weighted by atomic mass is 9.97. The number of ether oxygens (including phenoxy) is 1. The second-order valence-corrected chi connectivity index (χ2v) is 9.94. The summed E-state index contributed by atoms with van der Waals surface area (Å²) in [5.74, 6) is -0.317. The highest BCUT2D eigenvalue weighted by Crippen LogP contribution is 2.33. The molecule has 6 nitrogen and oxygen atoms in total. The summed E-state index contributed by atoms with van der Waals surface area (Å²) >= 11 is 1.50. The Kier molecular flexibility index (Phi) is 7.71. The van der Waals surface area contributed by atoms with Crippen LogP contribution in [0.15, 0.2) is 78.4 Å². The Hall–Kier alpha value is -3.76. The number of nitrogens with one attached hydrogen (secondary N) is 1. The number of thiazole rings is 1. The minimum absolute atomic E-state index is 0.305. The van der Waals surface area contributed by atoms with Crippen LogP contribution in [0.5, 0.6) is 5.75 Å². The average Bonchev–Trinajstić information content (AvgIpc) is 3.40. The van der Waals surface area contributed by atoms with Crippen molar-refractivity contribution in [1.82, 2.24) is 14.9 Å². The molecule has 4 aromatic rings. The summed E-state index contributed by atoms with van der Waals surface area (Å²) in [6, 6.07) is 16.7. The molecule has 3 heterocycles. The summed E-state index contributed by atoms with van der Waals surface area (Å²) in [5.41, 5.74) is 3.42. The molecular weight excluding hydrogens is 513 g/mol. The molecule has 0 aliphatic carbocycles. The smallest absolute Gasteiger partial charge is 0.406 e. The summed E-state index contributed by atoms with van der Waals surface area (Å²) in [6.07, 6.45) is 0.875. The summed E-state index contributed by atoms with van der Waals surface area (Å²) < 4.78 is 41.4. The normalized spacial score (nSPS) is 14.8. The zero-order valence-electron chi connectivity index (χ0n) is 20.3. The largest absolute Gasteiger partial charge is 0.573 e. The lowest BCUT2D eigenvalue weighted by molar-refractivity contribution is -0.274. The third-order valence-electron chi connectivity index (χ3n) is 6.39. The van der Waals surface area contributed by atoms with Crippen molar-refractivity contribution in [2.75, 3.05) is 18.4 Å². The maximum absolute atomic E-state index is 13.0. The number of likely N-dealkylation sites (tertiary alicyclic amines) is 1. The molecule has 0 radical (unpaired) electrons. The van der Waals surface area contributed by atoms with E-state index in [9.17, 15) is 18.0 Å². The van der Waals surface area contributed by atoms with Crippen LogP contribution in [0.2, 0.25) is 0 Å². The van der Waals surface area contributed by atoms with Gasteiger partial charge in [0.2, 0.25) is 0 Å². The number of benzene rings is 2. The number of aromatic nitrogens is 2. The predicted molar refractivity (Wildman–Crippen MR) is 140 cm³/mol. The lowest BCUT2D eigenvalue weighted by Crippen LogP contribution is -2.32. The number of para-hydroxylation sites is 1. The number of rotatable bonds is 7. The Labute approximate surface area is 222 Å². The predicted octanol–water partition coefficient (Wildman–Crippen LogP) is 6.74. The SMILES string of the molecule is O=C(Nc1ccccc1-c1ccc(OC(F)(F)F)cc1)c1csc(C2CCN(Cc3cccnc3)CC2)n1. The Morgan fingerprint density at radius 1 is 1.05 bits per heavy atom. The number of carbonyl (C=O) groups excluding carboxylic acids is 1. The quantitative estimate of drug-likeness (QED) is 0.282.